The monoisotopic (exact) mass is 179 g/mol. The van der Waals surface area contributed by atoms with Crippen LogP contribution in [0.15, 0.2) is 12.3 Å². The van der Waals surface area contributed by atoms with Gasteiger partial charge in [-0.2, -0.15) is 0 Å². The van der Waals surface area contributed by atoms with E-state index in [0.29, 0.717) is 0 Å². The maximum atomic E-state index is 5.43. The molecular weight excluding hydrogens is 162 g/mol. The highest BCUT2D eigenvalue weighted by atomic mass is 15.2. The summed E-state index contributed by atoms with van der Waals surface area (Å²) in [6.07, 6.45) is 5.00. The van der Waals surface area contributed by atoms with Crippen LogP contribution in [0.25, 0.3) is 0 Å². The van der Waals surface area contributed by atoms with Crippen LogP contribution in [-0.2, 0) is 12.8 Å². The predicted molar refractivity (Wildman–Crippen MR) is 55.4 cm³/mol. The SMILES string of the molecule is CCCc1cnc(CC)cc1NN. The second-order valence-electron chi connectivity index (χ2n) is 3.08. The summed E-state index contributed by atoms with van der Waals surface area (Å²) in [6, 6.07) is 2.02. The van der Waals surface area contributed by atoms with Crippen LogP contribution in [0.2, 0.25) is 0 Å². The molecule has 1 rings (SSSR count). The normalized spacial score (nSPS) is 10.1. The summed E-state index contributed by atoms with van der Waals surface area (Å²) in [6.45, 7) is 4.23. The highest BCUT2D eigenvalue weighted by molar-refractivity contribution is 5.50. The minimum Gasteiger partial charge on any atom is -0.324 e. The van der Waals surface area contributed by atoms with Crippen molar-refractivity contribution >= 4 is 5.69 Å². The first kappa shape index (κ1) is 9.99. The number of nitrogens with two attached hydrogens (primary N) is 1. The molecule has 0 aliphatic carbocycles. The van der Waals surface area contributed by atoms with Crippen LogP contribution in [0.3, 0.4) is 0 Å². The zero-order chi connectivity index (χ0) is 9.68. The van der Waals surface area contributed by atoms with E-state index in [-0.39, 0.29) is 0 Å². The van der Waals surface area contributed by atoms with Gasteiger partial charge in [-0.25, -0.2) is 0 Å². The molecule has 0 aliphatic rings. The summed E-state index contributed by atoms with van der Waals surface area (Å²) in [5.41, 5.74) is 6.00. The maximum absolute atomic E-state index is 5.43. The second-order valence-corrected chi connectivity index (χ2v) is 3.08. The molecule has 0 fully saturated rings. The van der Waals surface area contributed by atoms with Crippen molar-refractivity contribution in [1.29, 1.82) is 0 Å². The van der Waals surface area contributed by atoms with Crippen molar-refractivity contribution in [2.45, 2.75) is 33.1 Å². The Morgan fingerprint density at radius 2 is 2.23 bits per heavy atom. The van der Waals surface area contributed by atoms with Crippen molar-refractivity contribution in [1.82, 2.24) is 4.98 Å². The van der Waals surface area contributed by atoms with Gasteiger partial charge in [0.2, 0.25) is 0 Å². The number of hydrazine groups is 1. The average Bonchev–Trinajstić information content (AvgIpc) is 2.19. The number of nitrogens with one attached hydrogen (secondary N) is 1. The van der Waals surface area contributed by atoms with E-state index in [4.69, 9.17) is 5.84 Å². The van der Waals surface area contributed by atoms with E-state index >= 15 is 0 Å². The molecule has 3 heteroatoms. The van der Waals surface area contributed by atoms with Crippen LogP contribution in [0, 0.1) is 0 Å². The molecule has 0 aliphatic heterocycles. The third-order valence-corrected chi connectivity index (χ3v) is 2.08. The molecule has 0 unspecified atom stereocenters. The van der Waals surface area contributed by atoms with Gasteiger partial charge in [0.25, 0.3) is 0 Å². The van der Waals surface area contributed by atoms with Crippen LogP contribution in [0.4, 0.5) is 5.69 Å². The lowest BCUT2D eigenvalue weighted by Gasteiger charge is -2.08. The molecule has 0 atom stereocenters. The molecule has 0 aromatic carbocycles. The predicted octanol–water partition coefficient (Wildman–Crippen LogP) is 1.88. The van der Waals surface area contributed by atoms with E-state index < -0.39 is 0 Å². The van der Waals surface area contributed by atoms with Gasteiger partial charge >= 0.3 is 0 Å². The zero-order valence-corrected chi connectivity index (χ0v) is 8.30. The average molecular weight is 179 g/mol. The molecule has 1 aromatic heterocycles. The summed E-state index contributed by atoms with van der Waals surface area (Å²) in [4.78, 5) is 4.33. The topological polar surface area (TPSA) is 50.9 Å². The Morgan fingerprint density at radius 1 is 1.46 bits per heavy atom. The van der Waals surface area contributed by atoms with Gasteiger partial charge < -0.3 is 5.43 Å². The molecule has 72 valence electrons. The van der Waals surface area contributed by atoms with E-state index in [1.54, 1.807) is 0 Å². The van der Waals surface area contributed by atoms with E-state index in [0.717, 1.165) is 30.6 Å². The first-order chi connectivity index (χ1) is 6.31. The minimum atomic E-state index is 0.946. The zero-order valence-electron chi connectivity index (χ0n) is 8.30. The summed E-state index contributed by atoms with van der Waals surface area (Å²) in [5, 5.41) is 0. The fourth-order valence-electron chi connectivity index (χ4n) is 1.32. The molecule has 0 spiro atoms. The fraction of sp³-hybridized carbons (Fsp3) is 0.500. The standard InChI is InChI=1S/C10H17N3/c1-3-5-8-7-12-9(4-2)6-10(8)13-11/h6-7H,3-5,11H2,1-2H3,(H,12,13). The van der Waals surface area contributed by atoms with Gasteiger partial charge in [0.05, 0.1) is 5.69 Å². The molecule has 13 heavy (non-hydrogen) atoms. The van der Waals surface area contributed by atoms with Gasteiger partial charge in [-0.3, -0.25) is 10.8 Å². The Bertz CT molecular complexity index is 271. The largest absolute Gasteiger partial charge is 0.324 e. The quantitative estimate of drug-likeness (QED) is 0.548. The lowest BCUT2D eigenvalue weighted by atomic mass is 10.1. The molecule has 1 heterocycles. The molecule has 0 saturated carbocycles. The Labute approximate surface area is 79.3 Å². The Kier molecular flexibility index (Phi) is 3.71. The van der Waals surface area contributed by atoms with Gasteiger partial charge in [0, 0.05) is 11.9 Å². The van der Waals surface area contributed by atoms with Crippen LogP contribution in [0.5, 0.6) is 0 Å². The van der Waals surface area contributed by atoms with Crippen LogP contribution in [-0.4, -0.2) is 4.98 Å². The molecule has 0 radical (unpaired) electrons. The van der Waals surface area contributed by atoms with Crippen molar-refractivity contribution in [3.8, 4) is 0 Å². The molecule has 0 bridgehead atoms. The smallest absolute Gasteiger partial charge is 0.0550 e. The number of hydrogen-bond acceptors (Lipinski definition) is 3. The molecule has 3 N–H and O–H groups in total. The minimum absolute atomic E-state index is 0.946. The summed E-state index contributed by atoms with van der Waals surface area (Å²) in [5.74, 6) is 5.43. The molecule has 0 amide bonds. The summed E-state index contributed by atoms with van der Waals surface area (Å²) < 4.78 is 0. The summed E-state index contributed by atoms with van der Waals surface area (Å²) >= 11 is 0. The number of aromatic nitrogens is 1. The van der Waals surface area contributed by atoms with Crippen molar-refractivity contribution in [3.05, 3.63) is 23.5 Å². The highest BCUT2D eigenvalue weighted by Crippen LogP contribution is 2.16. The van der Waals surface area contributed by atoms with E-state index in [1.807, 2.05) is 12.3 Å². The van der Waals surface area contributed by atoms with Gasteiger partial charge in [0.1, 0.15) is 0 Å². The number of aryl methyl sites for hydroxylation is 2. The van der Waals surface area contributed by atoms with Crippen LogP contribution < -0.4 is 11.3 Å². The summed E-state index contributed by atoms with van der Waals surface area (Å²) in [7, 11) is 0. The van der Waals surface area contributed by atoms with Gasteiger partial charge in [-0.15, -0.1) is 0 Å². The Balaban J connectivity index is 2.93. The molecular formula is C10H17N3. The van der Waals surface area contributed by atoms with E-state index in [1.165, 1.54) is 5.56 Å². The first-order valence-corrected chi connectivity index (χ1v) is 4.76. The molecule has 0 saturated heterocycles. The number of pyridine rings is 1. The Morgan fingerprint density at radius 3 is 2.77 bits per heavy atom. The Hall–Kier alpha value is -1.09. The fourth-order valence-corrected chi connectivity index (χ4v) is 1.32. The van der Waals surface area contributed by atoms with Crippen molar-refractivity contribution in [2.24, 2.45) is 5.84 Å². The van der Waals surface area contributed by atoms with Crippen molar-refractivity contribution in [3.63, 3.8) is 0 Å². The van der Waals surface area contributed by atoms with Crippen molar-refractivity contribution < 1.29 is 0 Å². The highest BCUT2D eigenvalue weighted by Gasteiger charge is 2.01. The number of rotatable bonds is 4. The molecule has 3 nitrogen and oxygen atoms in total. The second kappa shape index (κ2) is 4.82. The lowest BCUT2D eigenvalue weighted by molar-refractivity contribution is 0.903. The van der Waals surface area contributed by atoms with Gasteiger partial charge in [0.15, 0.2) is 0 Å². The number of hydrogen-bond donors (Lipinski definition) is 2. The first-order valence-electron chi connectivity index (χ1n) is 4.76. The number of anilines is 1. The van der Waals surface area contributed by atoms with Crippen LogP contribution >= 0.6 is 0 Å². The van der Waals surface area contributed by atoms with Gasteiger partial charge in [-0.05, 0) is 24.5 Å². The van der Waals surface area contributed by atoms with E-state index in [2.05, 4.69) is 24.3 Å². The molecule has 1 aromatic rings. The third kappa shape index (κ3) is 2.42. The maximum Gasteiger partial charge on any atom is 0.0550 e. The number of nitrogens with zero attached hydrogens (tertiary/aromatic N) is 1. The number of nitrogen functional groups attached to an aromatic ring is 1. The van der Waals surface area contributed by atoms with Crippen LogP contribution in [0.1, 0.15) is 31.5 Å². The lowest BCUT2D eigenvalue weighted by Crippen LogP contribution is -2.10. The van der Waals surface area contributed by atoms with Crippen molar-refractivity contribution in [2.75, 3.05) is 5.43 Å². The third-order valence-electron chi connectivity index (χ3n) is 2.08. The van der Waals surface area contributed by atoms with E-state index in [9.17, 15) is 0 Å². The van der Waals surface area contributed by atoms with Gasteiger partial charge in [-0.1, -0.05) is 20.3 Å².